The van der Waals surface area contributed by atoms with Crippen LogP contribution in [0.3, 0.4) is 0 Å². The van der Waals surface area contributed by atoms with Gasteiger partial charge in [0, 0.05) is 17.6 Å². The summed E-state index contributed by atoms with van der Waals surface area (Å²) in [5.41, 5.74) is 1.99. The van der Waals surface area contributed by atoms with E-state index in [-0.39, 0.29) is 6.04 Å². The number of rotatable bonds is 6. The second-order valence-electron chi connectivity index (χ2n) is 7.57. The van der Waals surface area contributed by atoms with Gasteiger partial charge < -0.3 is 4.42 Å². The molecule has 0 aliphatic heterocycles. The highest BCUT2D eigenvalue weighted by Gasteiger charge is 2.35. The average molecular weight is 401 g/mol. The van der Waals surface area contributed by atoms with Gasteiger partial charge in [0.15, 0.2) is 0 Å². The number of alkyl halides is 3. The van der Waals surface area contributed by atoms with Gasteiger partial charge in [-0.05, 0) is 56.5 Å². The Hall–Kier alpha value is -2.67. The number of hydrogen-bond donors (Lipinski definition) is 0. The lowest BCUT2D eigenvalue weighted by atomic mass is 10.0. The molecule has 1 unspecified atom stereocenters. The van der Waals surface area contributed by atoms with Crippen LogP contribution in [0.1, 0.15) is 48.4 Å². The Morgan fingerprint density at radius 2 is 1.83 bits per heavy atom. The SMILES string of the molecule is Cc1ccc(-c2nnc(CN(C3CC3)C(C)c3cccc(C(F)(F)F)c3)o2)cc1. The highest BCUT2D eigenvalue weighted by molar-refractivity contribution is 5.52. The quantitative estimate of drug-likeness (QED) is 0.524. The zero-order chi connectivity index (χ0) is 20.6. The first-order valence-electron chi connectivity index (χ1n) is 9.63. The summed E-state index contributed by atoms with van der Waals surface area (Å²) in [4.78, 5) is 2.14. The van der Waals surface area contributed by atoms with Crippen LogP contribution in [0.2, 0.25) is 0 Å². The van der Waals surface area contributed by atoms with E-state index < -0.39 is 11.7 Å². The summed E-state index contributed by atoms with van der Waals surface area (Å²) >= 11 is 0. The Labute approximate surface area is 167 Å². The van der Waals surface area contributed by atoms with Crippen LogP contribution in [0.5, 0.6) is 0 Å². The maximum absolute atomic E-state index is 13.1. The molecule has 2 aromatic carbocycles. The van der Waals surface area contributed by atoms with Crippen molar-refractivity contribution in [3.05, 3.63) is 71.1 Å². The summed E-state index contributed by atoms with van der Waals surface area (Å²) in [7, 11) is 0. The van der Waals surface area contributed by atoms with Crippen molar-refractivity contribution >= 4 is 0 Å². The summed E-state index contributed by atoms with van der Waals surface area (Å²) in [6, 6.07) is 13.5. The number of halogens is 3. The molecule has 0 saturated heterocycles. The first-order valence-corrected chi connectivity index (χ1v) is 9.63. The third-order valence-electron chi connectivity index (χ3n) is 5.29. The van der Waals surface area contributed by atoms with E-state index in [1.165, 1.54) is 12.1 Å². The molecule has 1 aliphatic rings. The molecule has 29 heavy (non-hydrogen) atoms. The van der Waals surface area contributed by atoms with Crippen LogP contribution in [-0.2, 0) is 12.7 Å². The number of benzene rings is 2. The fourth-order valence-electron chi connectivity index (χ4n) is 3.44. The van der Waals surface area contributed by atoms with Crippen LogP contribution >= 0.6 is 0 Å². The molecule has 4 rings (SSSR count). The molecule has 0 radical (unpaired) electrons. The first kappa shape index (κ1) is 19.6. The molecule has 4 nitrogen and oxygen atoms in total. The average Bonchev–Trinajstić information content (AvgIpc) is 3.43. The predicted octanol–water partition coefficient (Wildman–Crippen LogP) is 5.79. The van der Waals surface area contributed by atoms with E-state index in [0.29, 0.717) is 29.9 Å². The Kier molecular flexibility index (Phi) is 5.17. The topological polar surface area (TPSA) is 42.2 Å². The van der Waals surface area contributed by atoms with Crippen LogP contribution in [0.25, 0.3) is 11.5 Å². The fourth-order valence-corrected chi connectivity index (χ4v) is 3.44. The largest absolute Gasteiger partial charge is 0.419 e. The van der Waals surface area contributed by atoms with Crippen LogP contribution in [-0.4, -0.2) is 21.1 Å². The smallest absolute Gasteiger partial charge is 0.416 e. The van der Waals surface area contributed by atoms with Crippen LogP contribution in [0.4, 0.5) is 13.2 Å². The zero-order valence-electron chi connectivity index (χ0n) is 16.3. The van der Waals surface area contributed by atoms with Gasteiger partial charge in [-0.1, -0.05) is 29.8 Å². The molecule has 0 N–H and O–H groups in total. The Morgan fingerprint density at radius 1 is 1.10 bits per heavy atom. The van der Waals surface area contributed by atoms with E-state index in [0.717, 1.165) is 30.0 Å². The highest BCUT2D eigenvalue weighted by Crippen LogP contribution is 2.37. The third kappa shape index (κ3) is 4.50. The normalized spacial score (nSPS) is 15.7. The maximum atomic E-state index is 13.1. The second kappa shape index (κ2) is 7.63. The lowest BCUT2D eigenvalue weighted by Gasteiger charge is -2.28. The molecular formula is C22H22F3N3O. The molecule has 3 aromatic rings. The minimum atomic E-state index is -4.35. The molecule has 0 bridgehead atoms. The summed E-state index contributed by atoms with van der Waals surface area (Å²) in [6.07, 6.45) is -2.32. The second-order valence-corrected chi connectivity index (χ2v) is 7.57. The molecule has 1 fully saturated rings. The Morgan fingerprint density at radius 3 is 2.48 bits per heavy atom. The van der Waals surface area contributed by atoms with Crippen molar-refractivity contribution in [1.29, 1.82) is 0 Å². The monoisotopic (exact) mass is 401 g/mol. The van der Waals surface area contributed by atoms with E-state index in [4.69, 9.17) is 4.42 Å². The van der Waals surface area contributed by atoms with Gasteiger partial charge >= 0.3 is 6.18 Å². The van der Waals surface area contributed by atoms with E-state index >= 15 is 0 Å². The summed E-state index contributed by atoms with van der Waals surface area (Å²) in [5.74, 6) is 0.911. The molecular weight excluding hydrogens is 379 g/mol. The van der Waals surface area contributed by atoms with Gasteiger partial charge in [0.2, 0.25) is 11.8 Å². The third-order valence-corrected chi connectivity index (χ3v) is 5.29. The van der Waals surface area contributed by atoms with Crippen molar-refractivity contribution in [2.45, 2.75) is 51.5 Å². The van der Waals surface area contributed by atoms with Crippen LogP contribution in [0.15, 0.2) is 52.9 Å². The van der Waals surface area contributed by atoms with Gasteiger partial charge in [-0.2, -0.15) is 13.2 Å². The number of nitrogens with zero attached hydrogens (tertiary/aromatic N) is 3. The van der Waals surface area contributed by atoms with E-state index in [9.17, 15) is 13.2 Å². The summed E-state index contributed by atoms with van der Waals surface area (Å²) in [5, 5.41) is 8.29. The molecule has 1 heterocycles. The number of aromatic nitrogens is 2. The fraction of sp³-hybridized carbons (Fsp3) is 0.364. The van der Waals surface area contributed by atoms with Crippen molar-refractivity contribution in [2.75, 3.05) is 0 Å². The minimum absolute atomic E-state index is 0.195. The standard InChI is InChI=1S/C22H22F3N3O/c1-14-6-8-16(9-7-14)21-27-26-20(29-21)13-28(19-10-11-19)15(2)17-4-3-5-18(12-17)22(23,24)25/h3-9,12,15,19H,10-11,13H2,1-2H3. The predicted molar refractivity (Wildman–Crippen MR) is 103 cm³/mol. The summed E-state index contributed by atoms with van der Waals surface area (Å²) in [6.45, 7) is 4.33. The number of hydrogen-bond acceptors (Lipinski definition) is 4. The van der Waals surface area contributed by atoms with Crippen molar-refractivity contribution in [3.8, 4) is 11.5 Å². The van der Waals surface area contributed by atoms with E-state index in [1.54, 1.807) is 6.07 Å². The maximum Gasteiger partial charge on any atom is 0.416 e. The molecule has 1 atom stereocenters. The Balaban J connectivity index is 1.54. The van der Waals surface area contributed by atoms with Crippen molar-refractivity contribution in [2.24, 2.45) is 0 Å². The van der Waals surface area contributed by atoms with Gasteiger partial charge in [0.05, 0.1) is 12.1 Å². The number of aryl methyl sites for hydroxylation is 1. The van der Waals surface area contributed by atoms with Crippen molar-refractivity contribution in [3.63, 3.8) is 0 Å². The molecule has 1 saturated carbocycles. The van der Waals surface area contributed by atoms with Crippen LogP contribution in [0, 0.1) is 6.92 Å². The molecule has 1 aromatic heterocycles. The summed E-state index contributed by atoms with van der Waals surface area (Å²) < 4.78 is 45.1. The lowest BCUT2D eigenvalue weighted by Crippen LogP contribution is -2.29. The molecule has 1 aliphatic carbocycles. The van der Waals surface area contributed by atoms with Crippen molar-refractivity contribution < 1.29 is 17.6 Å². The van der Waals surface area contributed by atoms with Gasteiger partial charge in [-0.3, -0.25) is 4.90 Å². The van der Waals surface area contributed by atoms with Gasteiger partial charge in [-0.25, -0.2) is 0 Å². The molecule has 0 spiro atoms. The van der Waals surface area contributed by atoms with Crippen molar-refractivity contribution in [1.82, 2.24) is 15.1 Å². The molecule has 0 amide bonds. The zero-order valence-corrected chi connectivity index (χ0v) is 16.3. The molecule has 7 heteroatoms. The van der Waals surface area contributed by atoms with Gasteiger partial charge in [0.25, 0.3) is 0 Å². The molecule has 152 valence electrons. The Bertz CT molecular complexity index is 977. The lowest BCUT2D eigenvalue weighted by molar-refractivity contribution is -0.137. The van der Waals surface area contributed by atoms with E-state index in [1.807, 2.05) is 38.1 Å². The van der Waals surface area contributed by atoms with Gasteiger partial charge in [-0.15, -0.1) is 10.2 Å². The first-order chi connectivity index (χ1) is 13.8. The highest BCUT2D eigenvalue weighted by atomic mass is 19.4. The minimum Gasteiger partial charge on any atom is -0.419 e. The van der Waals surface area contributed by atoms with Gasteiger partial charge in [0.1, 0.15) is 0 Å². The van der Waals surface area contributed by atoms with Crippen LogP contribution < -0.4 is 0 Å². The van der Waals surface area contributed by atoms with E-state index in [2.05, 4.69) is 15.1 Å².